The maximum absolute atomic E-state index is 11.3. The molecule has 5 N–H and O–H groups in total. The Morgan fingerprint density at radius 1 is 1.06 bits per heavy atom. The van der Waals surface area contributed by atoms with E-state index in [0.29, 0.717) is 12.3 Å². The number of carboxylic acid groups (broad SMARTS) is 1. The molecule has 5 unspecified atom stereocenters. The zero-order valence-corrected chi connectivity index (χ0v) is 17.4. The predicted octanol–water partition coefficient (Wildman–Crippen LogP) is 0.494. The molecule has 2 aromatic rings. The third-order valence-corrected chi connectivity index (χ3v) is 5.07. The summed E-state index contributed by atoms with van der Waals surface area (Å²) in [5.74, 6) is -0.809. The van der Waals surface area contributed by atoms with Gasteiger partial charge in [-0.15, -0.1) is 0 Å². The minimum Gasteiger partial charge on any atom is -0.490 e. The molecule has 1 fully saturated rings. The maximum atomic E-state index is 11.3. The summed E-state index contributed by atoms with van der Waals surface area (Å²) in [6.07, 6.45) is -8.93. The van der Waals surface area contributed by atoms with Gasteiger partial charge >= 0.3 is 5.97 Å². The summed E-state index contributed by atoms with van der Waals surface area (Å²) in [4.78, 5) is 11.3. The Balaban J connectivity index is 1.73. The van der Waals surface area contributed by atoms with Gasteiger partial charge in [0.05, 0.1) is 0 Å². The lowest BCUT2D eigenvalue weighted by atomic mass is 9.99. The van der Waals surface area contributed by atoms with Crippen LogP contribution >= 0.6 is 0 Å². The zero-order chi connectivity index (χ0) is 22.5. The van der Waals surface area contributed by atoms with Gasteiger partial charge in [-0.2, -0.15) is 0 Å². The molecule has 1 aliphatic rings. The van der Waals surface area contributed by atoms with E-state index in [-0.39, 0.29) is 12.6 Å². The molecule has 0 aromatic heterocycles. The van der Waals surface area contributed by atoms with Crippen LogP contribution in [0.25, 0.3) is 10.8 Å². The molecule has 1 saturated heterocycles. The lowest BCUT2D eigenvalue weighted by molar-refractivity contribution is -0.305. The highest BCUT2D eigenvalue weighted by Crippen LogP contribution is 2.26. The van der Waals surface area contributed by atoms with Crippen LogP contribution in [0.1, 0.15) is 13.8 Å². The van der Waals surface area contributed by atoms with Crippen LogP contribution in [0.15, 0.2) is 42.5 Å². The Morgan fingerprint density at radius 2 is 1.77 bits per heavy atom. The Morgan fingerprint density at radius 3 is 2.48 bits per heavy atom. The third kappa shape index (κ3) is 5.70. The molecule has 0 amide bonds. The number of aliphatic carboxylic acids is 1. The average molecular weight is 435 g/mol. The molecule has 2 aromatic carbocycles. The number of ether oxygens (including phenoxy) is 3. The lowest BCUT2D eigenvalue weighted by Gasteiger charge is -2.39. The quantitative estimate of drug-likeness (QED) is 0.381. The maximum Gasteiger partial charge on any atom is 0.335 e. The van der Waals surface area contributed by atoms with E-state index >= 15 is 0 Å². The van der Waals surface area contributed by atoms with Crippen molar-refractivity contribution in [2.45, 2.75) is 56.7 Å². The number of aliphatic hydroxyl groups excluding tert-OH is 3. The molecule has 0 bridgehead atoms. The first-order valence-corrected chi connectivity index (χ1v) is 10.2. The number of nitrogens with one attached hydrogen (secondary N) is 1. The van der Waals surface area contributed by atoms with E-state index in [2.05, 4.69) is 5.32 Å². The van der Waals surface area contributed by atoms with Crippen molar-refractivity contribution in [1.29, 1.82) is 0 Å². The molecule has 9 heteroatoms. The van der Waals surface area contributed by atoms with Crippen LogP contribution in [0, 0.1) is 0 Å². The number of rotatable bonds is 9. The van der Waals surface area contributed by atoms with Crippen molar-refractivity contribution < 1.29 is 39.4 Å². The fraction of sp³-hybridized carbons (Fsp3) is 0.500. The zero-order valence-electron chi connectivity index (χ0n) is 17.4. The summed E-state index contributed by atoms with van der Waals surface area (Å²) in [6.45, 7) is 4.31. The molecule has 0 spiro atoms. The highest BCUT2D eigenvalue weighted by molar-refractivity contribution is 5.88. The van der Waals surface area contributed by atoms with Crippen LogP contribution in [-0.4, -0.2) is 82.4 Å². The van der Waals surface area contributed by atoms with Crippen LogP contribution in [0.4, 0.5) is 0 Å². The second kappa shape index (κ2) is 10.4. The second-order valence-electron chi connectivity index (χ2n) is 7.84. The standard InChI is InChI=1S/C22H29NO8/c1-12(2)23-10-14(11-29-16-9-5-7-13-6-3-4-8-15(13)16)30-22-19(26)17(24)18(25)20(31-22)21(27)28/h3-9,12,14,17-20,22-26H,10-11H2,1-2H3,(H,27,28)/t14-,17?,18?,19?,20?,22?/m0/s1. The van der Waals surface area contributed by atoms with Gasteiger partial charge in [0.1, 0.15) is 36.8 Å². The van der Waals surface area contributed by atoms with Crippen molar-refractivity contribution in [3.8, 4) is 5.75 Å². The molecule has 0 aliphatic carbocycles. The Kier molecular flexibility index (Phi) is 7.82. The van der Waals surface area contributed by atoms with E-state index < -0.39 is 42.8 Å². The van der Waals surface area contributed by atoms with Crippen molar-refractivity contribution >= 4 is 16.7 Å². The second-order valence-corrected chi connectivity index (χ2v) is 7.84. The number of carboxylic acids is 1. The molecule has 3 rings (SSSR count). The topological polar surface area (TPSA) is 138 Å². The van der Waals surface area contributed by atoms with Gasteiger partial charge in [0, 0.05) is 18.0 Å². The highest BCUT2D eigenvalue weighted by atomic mass is 16.7. The van der Waals surface area contributed by atoms with Crippen molar-refractivity contribution in [1.82, 2.24) is 5.32 Å². The van der Waals surface area contributed by atoms with Crippen LogP contribution in [0.2, 0.25) is 0 Å². The van der Waals surface area contributed by atoms with Crippen molar-refractivity contribution in [3.63, 3.8) is 0 Å². The highest BCUT2D eigenvalue weighted by Gasteiger charge is 2.48. The van der Waals surface area contributed by atoms with Crippen LogP contribution < -0.4 is 10.1 Å². The Labute approximate surface area is 180 Å². The first-order valence-electron chi connectivity index (χ1n) is 10.2. The fourth-order valence-corrected chi connectivity index (χ4v) is 3.37. The molecule has 1 heterocycles. The van der Waals surface area contributed by atoms with Gasteiger partial charge in [-0.1, -0.05) is 50.2 Å². The van der Waals surface area contributed by atoms with E-state index in [9.17, 15) is 25.2 Å². The van der Waals surface area contributed by atoms with Gasteiger partial charge < -0.3 is 40.0 Å². The Bertz CT molecular complexity index is 870. The first-order chi connectivity index (χ1) is 14.8. The SMILES string of the molecule is CC(C)NC[C@@H](COc1cccc2ccccc12)OC1OC(C(=O)O)C(O)C(O)C1O. The summed E-state index contributed by atoms with van der Waals surface area (Å²) in [5.41, 5.74) is 0. The largest absolute Gasteiger partial charge is 0.490 e. The average Bonchev–Trinajstić information content (AvgIpc) is 2.75. The fourth-order valence-electron chi connectivity index (χ4n) is 3.37. The molecular formula is C22H29NO8. The molecule has 170 valence electrons. The normalized spacial score (nSPS) is 27.4. The molecule has 0 radical (unpaired) electrons. The van der Waals surface area contributed by atoms with Crippen LogP contribution in [0.3, 0.4) is 0 Å². The third-order valence-electron chi connectivity index (χ3n) is 5.07. The van der Waals surface area contributed by atoms with E-state index in [1.807, 2.05) is 56.3 Å². The molecule has 0 saturated carbocycles. The summed E-state index contributed by atoms with van der Waals surface area (Å²) >= 11 is 0. The van der Waals surface area contributed by atoms with E-state index in [1.54, 1.807) is 0 Å². The number of fused-ring (bicyclic) bond motifs is 1. The minimum absolute atomic E-state index is 0.0801. The minimum atomic E-state index is -1.77. The molecule has 9 nitrogen and oxygen atoms in total. The molecular weight excluding hydrogens is 406 g/mol. The van der Waals surface area contributed by atoms with Gasteiger partial charge in [0.25, 0.3) is 0 Å². The summed E-state index contributed by atoms with van der Waals surface area (Å²) in [7, 11) is 0. The number of aliphatic hydroxyl groups is 3. The van der Waals surface area contributed by atoms with Gasteiger partial charge in [-0.3, -0.25) is 0 Å². The Hall–Kier alpha value is -2.27. The van der Waals surface area contributed by atoms with Gasteiger partial charge in [-0.25, -0.2) is 4.79 Å². The number of benzene rings is 2. The summed E-state index contributed by atoms with van der Waals surface area (Å²) in [6, 6.07) is 13.6. The summed E-state index contributed by atoms with van der Waals surface area (Å²) < 4.78 is 17.0. The van der Waals surface area contributed by atoms with Gasteiger partial charge in [0.2, 0.25) is 0 Å². The van der Waals surface area contributed by atoms with E-state index in [0.717, 1.165) is 10.8 Å². The van der Waals surface area contributed by atoms with Crippen molar-refractivity contribution in [2.24, 2.45) is 0 Å². The van der Waals surface area contributed by atoms with E-state index in [1.165, 1.54) is 0 Å². The van der Waals surface area contributed by atoms with Gasteiger partial charge in [-0.05, 0) is 11.5 Å². The van der Waals surface area contributed by atoms with Crippen LogP contribution in [-0.2, 0) is 14.3 Å². The summed E-state index contributed by atoms with van der Waals surface area (Å²) in [5, 5.41) is 44.5. The molecule has 31 heavy (non-hydrogen) atoms. The monoisotopic (exact) mass is 435 g/mol. The smallest absolute Gasteiger partial charge is 0.335 e. The van der Waals surface area contributed by atoms with E-state index in [4.69, 9.17) is 14.2 Å². The number of hydrogen-bond acceptors (Lipinski definition) is 8. The molecule has 6 atom stereocenters. The lowest BCUT2D eigenvalue weighted by Crippen LogP contribution is -2.61. The predicted molar refractivity (Wildman–Crippen MR) is 112 cm³/mol. The number of carbonyl (C=O) groups is 1. The van der Waals surface area contributed by atoms with Crippen LogP contribution in [0.5, 0.6) is 5.75 Å². The number of hydrogen-bond donors (Lipinski definition) is 5. The van der Waals surface area contributed by atoms with Crippen molar-refractivity contribution in [3.05, 3.63) is 42.5 Å². The van der Waals surface area contributed by atoms with Gasteiger partial charge in [0.15, 0.2) is 12.4 Å². The molecule has 1 aliphatic heterocycles. The van der Waals surface area contributed by atoms with Crippen molar-refractivity contribution in [2.75, 3.05) is 13.2 Å². The first kappa shape index (κ1) is 23.4.